The van der Waals surface area contributed by atoms with Crippen LogP contribution in [0.4, 0.5) is 0 Å². The van der Waals surface area contributed by atoms with E-state index in [1.165, 1.54) is 212 Å². The summed E-state index contributed by atoms with van der Waals surface area (Å²) in [6.45, 7) is 4.58. The maximum absolute atomic E-state index is 12.8. The average molecular weight is 763 g/mol. The largest absolute Gasteiger partial charge is 0.481 e. The second-order valence-corrected chi connectivity index (χ2v) is 17.4. The van der Waals surface area contributed by atoms with Crippen molar-refractivity contribution in [3.05, 3.63) is 0 Å². The minimum atomic E-state index is -0.694. The number of hydrogen-bond donors (Lipinski definition) is 1. The van der Waals surface area contributed by atoms with Crippen LogP contribution in [0.25, 0.3) is 0 Å². The molecule has 1 atom stereocenters. The lowest BCUT2D eigenvalue weighted by molar-refractivity contribution is -0.150. The highest BCUT2D eigenvalue weighted by atomic mass is 16.5. The topological polar surface area (TPSA) is 63.6 Å². The number of carboxylic acid groups (broad SMARTS) is 1. The normalized spacial score (nSPS) is 12.0. The molecule has 0 saturated heterocycles. The fourth-order valence-corrected chi connectivity index (χ4v) is 8.13. The number of hydrogen-bond acceptors (Lipinski definition) is 3. The quantitative estimate of drug-likeness (QED) is 0.0495. The first-order valence-electron chi connectivity index (χ1n) is 25.0. The van der Waals surface area contributed by atoms with Crippen molar-refractivity contribution in [3.63, 3.8) is 0 Å². The summed E-state index contributed by atoms with van der Waals surface area (Å²) in [5.74, 6) is -0.681. The van der Waals surface area contributed by atoms with E-state index in [1.807, 2.05) is 0 Å². The monoisotopic (exact) mass is 763 g/mol. The van der Waals surface area contributed by atoms with Crippen LogP contribution in [-0.2, 0) is 14.3 Å². The van der Waals surface area contributed by atoms with Gasteiger partial charge >= 0.3 is 11.9 Å². The van der Waals surface area contributed by atoms with Crippen molar-refractivity contribution in [2.24, 2.45) is 0 Å². The zero-order valence-electron chi connectivity index (χ0n) is 37.1. The first kappa shape index (κ1) is 52.9. The van der Waals surface area contributed by atoms with Crippen LogP contribution in [0.5, 0.6) is 0 Å². The summed E-state index contributed by atoms with van der Waals surface area (Å²) in [4.78, 5) is 23.5. The molecule has 0 spiro atoms. The Morgan fingerprint density at radius 1 is 0.333 bits per heavy atom. The van der Waals surface area contributed by atoms with E-state index in [2.05, 4.69) is 13.8 Å². The molecule has 0 rings (SSSR count). The summed E-state index contributed by atoms with van der Waals surface area (Å²) in [6, 6.07) is 0. The van der Waals surface area contributed by atoms with Crippen molar-refractivity contribution in [1.82, 2.24) is 0 Å². The third-order valence-electron chi connectivity index (χ3n) is 11.8. The molecule has 4 nitrogen and oxygen atoms in total. The number of aliphatic carboxylic acids is 1. The lowest BCUT2D eigenvalue weighted by Crippen LogP contribution is -2.18. The van der Waals surface area contributed by atoms with Crippen molar-refractivity contribution < 1.29 is 19.4 Å². The maximum atomic E-state index is 12.8. The molecule has 0 aliphatic rings. The van der Waals surface area contributed by atoms with Gasteiger partial charge in [0.2, 0.25) is 0 Å². The Morgan fingerprint density at radius 2 is 0.556 bits per heavy atom. The Hall–Kier alpha value is -1.06. The highest BCUT2D eigenvalue weighted by Crippen LogP contribution is 2.20. The van der Waals surface area contributed by atoms with Crippen molar-refractivity contribution in [2.45, 2.75) is 309 Å². The van der Waals surface area contributed by atoms with E-state index >= 15 is 0 Å². The zero-order valence-corrected chi connectivity index (χ0v) is 37.1. The first-order chi connectivity index (χ1) is 26.6. The molecule has 0 aromatic carbocycles. The molecule has 0 aromatic heterocycles. The van der Waals surface area contributed by atoms with Crippen molar-refractivity contribution in [2.75, 3.05) is 0 Å². The van der Waals surface area contributed by atoms with Crippen LogP contribution in [0.15, 0.2) is 0 Å². The summed E-state index contributed by atoms with van der Waals surface area (Å²) in [5.41, 5.74) is 0. The molecular weight excluding hydrogens is 665 g/mol. The van der Waals surface area contributed by atoms with E-state index in [-0.39, 0.29) is 18.5 Å². The van der Waals surface area contributed by atoms with Crippen molar-refractivity contribution >= 4 is 11.9 Å². The van der Waals surface area contributed by atoms with Gasteiger partial charge in [0, 0.05) is 12.8 Å². The smallest absolute Gasteiger partial charge is 0.306 e. The van der Waals surface area contributed by atoms with E-state index in [0.717, 1.165) is 64.2 Å². The predicted molar refractivity (Wildman–Crippen MR) is 237 cm³/mol. The van der Waals surface area contributed by atoms with Crippen LogP contribution in [-0.4, -0.2) is 23.1 Å². The predicted octanol–water partition coefficient (Wildman–Crippen LogP) is 17.6. The molecule has 0 aliphatic heterocycles. The Balaban J connectivity index is 3.79. The zero-order chi connectivity index (χ0) is 39.3. The molecule has 0 aliphatic carbocycles. The molecule has 0 saturated carbocycles. The standard InChI is InChI=1S/C50H98O4/c1-3-5-7-9-11-13-15-17-18-19-20-21-22-23-24-25-26-27-28-30-32-34-39-43-47-50(53)54-48(45-41-37-35-38-42-46-49(51)52)44-40-36-33-31-29-16-14-12-10-8-6-4-2/h48H,3-47H2,1-2H3,(H,51,52). The lowest BCUT2D eigenvalue weighted by atomic mass is 10.0. The first-order valence-corrected chi connectivity index (χ1v) is 25.0. The van der Waals surface area contributed by atoms with E-state index < -0.39 is 5.97 Å². The molecule has 322 valence electrons. The van der Waals surface area contributed by atoms with Gasteiger partial charge in [-0.3, -0.25) is 9.59 Å². The van der Waals surface area contributed by atoms with E-state index in [1.54, 1.807) is 0 Å². The van der Waals surface area contributed by atoms with E-state index in [9.17, 15) is 9.59 Å². The average Bonchev–Trinajstić information content (AvgIpc) is 3.16. The van der Waals surface area contributed by atoms with Crippen molar-refractivity contribution in [3.8, 4) is 0 Å². The summed E-state index contributed by atoms with van der Waals surface area (Å²) < 4.78 is 6.05. The third-order valence-corrected chi connectivity index (χ3v) is 11.8. The summed E-state index contributed by atoms with van der Waals surface area (Å²) in [7, 11) is 0. The fourth-order valence-electron chi connectivity index (χ4n) is 8.13. The van der Waals surface area contributed by atoms with Crippen LogP contribution < -0.4 is 0 Å². The summed E-state index contributed by atoms with van der Waals surface area (Å²) in [6.07, 6.45) is 57.4. The number of rotatable bonds is 47. The van der Waals surface area contributed by atoms with Gasteiger partial charge in [-0.15, -0.1) is 0 Å². The molecule has 0 aromatic rings. The van der Waals surface area contributed by atoms with Crippen molar-refractivity contribution in [1.29, 1.82) is 0 Å². The minimum Gasteiger partial charge on any atom is -0.481 e. The second-order valence-electron chi connectivity index (χ2n) is 17.4. The molecule has 0 amide bonds. The van der Waals surface area contributed by atoms with E-state index in [0.29, 0.717) is 6.42 Å². The molecular formula is C50H98O4. The molecule has 1 unspecified atom stereocenters. The van der Waals surface area contributed by atoms with Crippen LogP contribution in [0.3, 0.4) is 0 Å². The van der Waals surface area contributed by atoms with Gasteiger partial charge in [0.1, 0.15) is 6.10 Å². The lowest BCUT2D eigenvalue weighted by Gasteiger charge is -2.18. The molecule has 0 bridgehead atoms. The second kappa shape index (κ2) is 46.3. The maximum Gasteiger partial charge on any atom is 0.306 e. The highest BCUT2D eigenvalue weighted by Gasteiger charge is 2.14. The van der Waals surface area contributed by atoms with Crippen LogP contribution in [0.1, 0.15) is 303 Å². The Bertz CT molecular complexity index is 736. The van der Waals surface area contributed by atoms with Gasteiger partial charge in [-0.2, -0.15) is 0 Å². The highest BCUT2D eigenvalue weighted by molar-refractivity contribution is 5.69. The minimum absolute atomic E-state index is 0.0131. The molecule has 54 heavy (non-hydrogen) atoms. The van der Waals surface area contributed by atoms with Gasteiger partial charge < -0.3 is 9.84 Å². The molecule has 4 heteroatoms. The number of carboxylic acids is 1. The Morgan fingerprint density at radius 3 is 0.815 bits per heavy atom. The SMILES string of the molecule is CCCCCCCCCCCCCCCCCCCCCCCCCCC(=O)OC(CCCCCCCCCCCCCC)CCCCCCCC(=O)O. The van der Waals surface area contributed by atoms with Gasteiger partial charge in [0.25, 0.3) is 0 Å². The Labute approximate surface area is 339 Å². The number of esters is 1. The summed E-state index contributed by atoms with van der Waals surface area (Å²) in [5, 5.41) is 8.85. The molecule has 1 N–H and O–H groups in total. The molecule has 0 radical (unpaired) electrons. The number of carbonyl (C=O) groups is 2. The Kier molecular flexibility index (Phi) is 45.4. The summed E-state index contributed by atoms with van der Waals surface area (Å²) >= 11 is 0. The number of ether oxygens (including phenoxy) is 1. The van der Waals surface area contributed by atoms with Crippen LogP contribution >= 0.6 is 0 Å². The van der Waals surface area contributed by atoms with Crippen LogP contribution in [0, 0.1) is 0 Å². The van der Waals surface area contributed by atoms with Gasteiger partial charge in [-0.25, -0.2) is 0 Å². The number of unbranched alkanes of at least 4 members (excludes halogenated alkanes) is 38. The molecule has 0 heterocycles. The molecule has 0 fully saturated rings. The van der Waals surface area contributed by atoms with Crippen LogP contribution in [0.2, 0.25) is 0 Å². The van der Waals surface area contributed by atoms with Gasteiger partial charge in [-0.1, -0.05) is 251 Å². The van der Waals surface area contributed by atoms with E-state index in [4.69, 9.17) is 9.84 Å². The third kappa shape index (κ3) is 45.3. The van der Waals surface area contributed by atoms with Gasteiger partial charge in [0.05, 0.1) is 0 Å². The fraction of sp³-hybridized carbons (Fsp3) is 0.960. The van der Waals surface area contributed by atoms with Gasteiger partial charge in [-0.05, 0) is 38.5 Å². The van der Waals surface area contributed by atoms with Gasteiger partial charge in [0.15, 0.2) is 0 Å². The number of carbonyl (C=O) groups excluding carboxylic acids is 1.